The summed E-state index contributed by atoms with van der Waals surface area (Å²) in [6.45, 7) is 2.36. The van der Waals surface area contributed by atoms with Gasteiger partial charge < -0.3 is 4.57 Å². The molecule has 0 aliphatic rings. The van der Waals surface area contributed by atoms with Gasteiger partial charge in [0.1, 0.15) is 11.6 Å². The monoisotopic (exact) mass is 303 g/mol. The Morgan fingerprint density at radius 1 is 1.29 bits per heavy atom. The Kier molecular flexibility index (Phi) is 3.88. The highest BCUT2D eigenvalue weighted by molar-refractivity contribution is 6.17. The molecule has 0 N–H and O–H groups in total. The summed E-state index contributed by atoms with van der Waals surface area (Å²) in [7, 11) is 0. The Balaban J connectivity index is 2.13. The number of hydrogen-bond donors (Lipinski definition) is 0. The number of fused-ring (bicyclic) bond motifs is 1. The third kappa shape index (κ3) is 2.76. The van der Waals surface area contributed by atoms with Crippen molar-refractivity contribution in [2.24, 2.45) is 0 Å². The van der Waals surface area contributed by atoms with Gasteiger partial charge in [-0.25, -0.2) is 9.37 Å². The Hall–Kier alpha value is -1.94. The van der Waals surface area contributed by atoms with Crippen LogP contribution >= 0.6 is 11.6 Å². The van der Waals surface area contributed by atoms with Crippen LogP contribution in [0.3, 0.4) is 0 Å². The smallest absolute Gasteiger partial charge is 0.128 e. The van der Waals surface area contributed by atoms with Gasteiger partial charge in [-0.15, -0.1) is 11.6 Å². The molecule has 21 heavy (non-hydrogen) atoms. The Morgan fingerprint density at radius 3 is 2.86 bits per heavy atom. The Labute approximate surface area is 127 Å². The molecule has 0 aliphatic carbocycles. The molecule has 0 atom stereocenters. The van der Waals surface area contributed by atoms with Gasteiger partial charge in [0.15, 0.2) is 0 Å². The summed E-state index contributed by atoms with van der Waals surface area (Å²) in [5.74, 6) is 1.10. The lowest BCUT2D eigenvalue weighted by Gasteiger charge is -2.08. The molecule has 0 saturated heterocycles. The molecule has 0 aliphatic heterocycles. The fourth-order valence-electron chi connectivity index (χ4n) is 2.41. The van der Waals surface area contributed by atoms with E-state index in [-0.39, 0.29) is 5.82 Å². The molecule has 108 valence electrons. The van der Waals surface area contributed by atoms with Crippen molar-refractivity contribution in [3.05, 3.63) is 59.4 Å². The van der Waals surface area contributed by atoms with Gasteiger partial charge in [0.25, 0.3) is 0 Å². The third-order valence-electron chi connectivity index (χ3n) is 3.47. The molecule has 3 aromatic rings. The molecule has 0 bridgehead atoms. The minimum atomic E-state index is -0.234. The standard InChI is InChI=1S/C16H15ClFN3/c1-11-8-15-14(9-13(11)18)20-16(5-6-17)21(15)10-12-4-2-3-7-19-12/h2-4,7-9H,5-6,10H2,1H3. The maximum atomic E-state index is 13.7. The van der Waals surface area contributed by atoms with Crippen molar-refractivity contribution in [2.45, 2.75) is 19.9 Å². The van der Waals surface area contributed by atoms with Gasteiger partial charge in [-0.05, 0) is 30.7 Å². The van der Waals surface area contributed by atoms with Crippen LogP contribution in [-0.4, -0.2) is 20.4 Å². The second-order valence-electron chi connectivity index (χ2n) is 4.96. The highest BCUT2D eigenvalue weighted by Crippen LogP contribution is 2.22. The predicted molar refractivity (Wildman–Crippen MR) is 82.2 cm³/mol. The molecule has 0 spiro atoms. The topological polar surface area (TPSA) is 30.7 Å². The third-order valence-corrected chi connectivity index (χ3v) is 3.66. The molecular weight excluding hydrogens is 289 g/mol. The van der Waals surface area contributed by atoms with E-state index in [9.17, 15) is 4.39 Å². The molecular formula is C16H15ClFN3. The van der Waals surface area contributed by atoms with Gasteiger partial charge >= 0.3 is 0 Å². The first-order valence-corrected chi connectivity index (χ1v) is 7.33. The highest BCUT2D eigenvalue weighted by Gasteiger charge is 2.13. The van der Waals surface area contributed by atoms with E-state index in [2.05, 4.69) is 14.5 Å². The fourth-order valence-corrected chi connectivity index (χ4v) is 2.57. The van der Waals surface area contributed by atoms with E-state index < -0.39 is 0 Å². The lowest BCUT2D eigenvalue weighted by molar-refractivity contribution is 0.620. The summed E-state index contributed by atoms with van der Waals surface area (Å²) in [4.78, 5) is 8.86. The zero-order valence-electron chi connectivity index (χ0n) is 11.7. The zero-order chi connectivity index (χ0) is 14.8. The van der Waals surface area contributed by atoms with Crippen LogP contribution in [0.4, 0.5) is 4.39 Å². The molecule has 5 heteroatoms. The number of imidazole rings is 1. The van der Waals surface area contributed by atoms with Crippen LogP contribution in [0.2, 0.25) is 0 Å². The maximum absolute atomic E-state index is 13.7. The molecule has 3 rings (SSSR count). The second kappa shape index (κ2) is 5.82. The van der Waals surface area contributed by atoms with E-state index in [0.29, 0.717) is 29.9 Å². The van der Waals surface area contributed by atoms with Gasteiger partial charge in [0.2, 0.25) is 0 Å². The quantitative estimate of drug-likeness (QED) is 0.688. The lowest BCUT2D eigenvalue weighted by Crippen LogP contribution is -2.07. The second-order valence-corrected chi connectivity index (χ2v) is 5.34. The number of alkyl halides is 1. The van der Waals surface area contributed by atoms with E-state index in [4.69, 9.17) is 11.6 Å². The molecule has 1 aromatic carbocycles. The van der Waals surface area contributed by atoms with Crippen LogP contribution in [0.15, 0.2) is 36.5 Å². The first-order valence-electron chi connectivity index (χ1n) is 6.80. The molecule has 0 saturated carbocycles. The van der Waals surface area contributed by atoms with Gasteiger partial charge in [0.05, 0.1) is 23.3 Å². The number of pyridine rings is 1. The van der Waals surface area contributed by atoms with Gasteiger partial charge in [-0.3, -0.25) is 4.98 Å². The van der Waals surface area contributed by atoms with Crippen LogP contribution in [0.25, 0.3) is 11.0 Å². The average Bonchev–Trinajstić information content (AvgIpc) is 2.79. The number of rotatable bonds is 4. The zero-order valence-corrected chi connectivity index (χ0v) is 12.4. The van der Waals surface area contributed by atoms with Crippen molar-refractivity contribution in [1.82, 2.24) is 14.5 Å². The molecule has 3 nitrogen and oxygen atoms in total. The number of aryl methyl sites for hydroxylation is 2. The van der Waals surface area contributed by atoms with E-state index in [1.54, 1.807) is 13.1 Å². The summed E-state index contributed by atoms with van der Waals surface area (Å²) in [5, 5.41) is 0. The number of benzene rings is 1. The number of nitrogens with zero attached hydrogens (tertiary/aromatic N) is 3. The van der Waals surface area contributed by atoms with Crippen molar-refractivity contribution in [3.8, 4) is 0 Å². The summed E-state index contributed by atoms with van der Waals surface area (Å²) in [6.07, 6.45) is 2.41. The van der Waals surface area contributed by atoms with Crippen LogP contribution in [-0.2, 0) is 13.0 Å². The number of hydrogen-bond acceptors (Lipinski definition) is 2. The maximum Gasteiger partial charge on any atom is 0.128 e. The number of aromatic nitrogens is 3. The normalized spacial score (nSPS) is 11.2. The Bertz CT molecular complexity index is 768. The van der Waals surface area contributed by atoms with Gasteiger partial charge in [-0.2, -0.15) is 0 Å². The fraction of sp³-hybridized carbons (Fsp3) is 0.250. The van der Waals surface area contributed by atoms with E-state index in [1.165, 1.54) is 6.07 Å². The van der Waals surface area contributed by atoms with Crippen LogP contribution in [0.1, 0.15) is 17.1 Å². The van der Waals surface area contributed by atoms with Crippen molar-refractivity contribution in [2.75, 3.05) is 5.88 Å². The van der Waals surface area contributed by atoms with Crippen LogP contribution < -0.4 is 0 Å². The van der Waals surface area contributed by atoms with Crippen LogP contribution in [0.5, 0.6) is 0 Å². The largest absolute Gasteiger partial charge is 0.322 e. The van der Waals surface area contributed by atoms with Crippen molar-refractivity contribution in [1.29, 1.82) is 0 Å². The SMILES string of the molecule is Cc1cc2c(cc1F)nc(CCCl)n2Cc1ccccn1. The van der Waals surface area contributed by atoms with E-state index in [1.807, 2.05) is 24.3 Å². The van der Waals surface area contributed by atoms with Crippen molar-refractivity contribution < 1.29 is 4.39 Å². The molecule has 0 amide bonds. The lowest BCUT2D eigenvalue weighted by atomic mass is 10.2. The summed E-state index contributed by atoms with van der Waals surface area (Å²) < 4.78 is 15.8. The minimum absolute atomic E-state index is 0.234. The van der Waals surface area contributed by atoms with Crippen LogP contribution in [0, 0.1) is 12.7 Å². The molecule has 0 fully saturated rings. The first-order chi connectivity index (χ1) is 10.2. The first kappa shape index (κ1) is 14.0. The van der Waals surface area contributed by atoms with Gasteiger partial charge in [0, 0.05) is 24.6 Å². The van der Waals surface area contributed by atoms with E-state index >= 15 is 0 Å². The molecule has 2 aromatic heterocycles. The number of halogens is 2. The van der Waals surface area contributed by atoms with Crippen molar-refractivity contribution >= 4 is 22.6 Å². The summed E-state index contributed by atoms with van der Waals surface area (Å²) >= 11 is 5.86. The average molecular weight is 304 g/mol. The van der Waals surface area contributed by atoms with Crippen molar-refractivity contribution in [3.63, 3.8) is 0 Å². The molecule has 0 radical (unpaired) electrons. The minimum Gasteiger partial charge on any atom is -0.322 e. The molecule has 2 heterocycles. The van der Waals surface area contributed by atoms with Gasteiger partial charge in [-0.1, -0.05) is 6.07 Å². The van der Waals surface area contributed by atoms with E-state index in [0.717, 1.165) is 17.0 Å². The summed E-state index contributed by atoms with van der Waals surface area (Å²) in [6, 6.07) is 9.12. The highest BCUT2D eigenvalue weighted by atomic mass is 35.5. The predicted octanol–water partition coefficient (Wildman–Crippen LogP) is 3.71. The molecule has 0 unspecified atom stereocenters. The Morgan fingerprint density at radius 2 is 2.14 bits per heavy atom. The summed E-state index contributed by atoms with van der Waals surface area (Å²) in [5.41, 5.74) is 3.13.